The number of imide groups is 1. The summed E-state index contributed by atoms with van der Waals surface area (Å²) in [6, 6.07) is 5.11. The smallest absolute Gasteiger partial charge is 0.338 e. The van der Waals surface area contributed by atoms with Gasteiger partial charge in [-0.1, -0.05) is 26.0 Å². The van der Waals surface area contributed by atoms with Crippen LogP contribution in [0.2, 0.25) is 0 Å². The molecule has 3 rings (SSSR count). The Morgan fingerprint density at radius 3 is 2.61 bits per heavy atom. The number of benzene rings is 1. The molecular formula is C18H19NO4. The molecule has 1 aromatic carbocycles. The molecule has 120 valence electrons. The van der Waals surface area contributed by atoms with Crippen molar-refractivity contribution in [3.8, 4) is 0 Å². The lowest BCUT2D eigenvalue weighted by atomic mass is 10.0. The van der Waals surface area contributed by atoms with Gasteiger partial charge in [0.2, 0.25) is 0 Å². The lowest BCUT2D eigenvalue weighted by Crippen LogP contribution is -2.33. The maximum Gasteiger partial charge on any atom is 0.338 e. The average Bonchev–Trinajstić information content (AvgIpc) is 3.08. The summed E-state index contributed by atoms with van der Waals surface area (Å²) in [6.07, 6.45) is 3.88. The first kappa shape index (κ1) is 15.5. The molecule has 0 saturated heterocycles. The van der Waals surface area contributed by atoms with Gasteiger partial charge in [-0.15, -0.1) is 0 Å². The number of nitrogens with zero attached hydrogens (tertiary/aromatic N) is 1. The highest BCUT2D eigenvalue weighted by atomic mass is 16.5. The quantitative estimate of drug-likeness (QED) is 0.632. The maximum atomic E-state index is 12.3. The highest BCUT2D eigenvalue weighted by Gasteiger charge is 2.37. The molecule has 5 heteroatoms. The second-order valence-corrected chi connectivity index (χ2v) is 6.30. The maximum absolute atomic E-state index is 12.3. The summed E-state index contributed by atoms with van der Waals surface area (Å²) in [5, 5.41) is 0. The summed E-state index contributed by atoms with van der Waals surface area (Å²) in [4.78, 5) is 37.4. The van der Waals surface area contributed by atoms with E-state index in [-0.39, 0.29) is 29.7 Å². The number of ether oxygens (including phenoxy) is 1. The summed E-state index contributed by atoms with van der Waals surface area (Å²) in [6.45, 7) is 4.34. The third-order valence-electron chi connectivity index (χ3n) is 4.16. The SMILES string of the molecule is CC(C)COC(=O)c1cccc2c1CC[C@@H]2N1C(=O)C=CC1=O. The van der Waals surface area contributed by atoms with Crippen LogP contribution in [0, 0.1) is 5.92 Å². The zero-order valence-corrected chi connectivity index (χ0v) is 13.2. The zero-order chi connectivity index (χ0) is 16.6. The number of hydrogen-bond acceptors (Lipinski definition) is 4. The molecule has 5 nitrogen and oxygen atoms in total. The first-order chi connectivity index (χ1) is 11.0. The summed E-state index contributed by atoms with van der Waals surface area (Å²) in [7, 11) is 0. The molecular weight excluding hydrogens is 294 g/mol. The molecule has 0 fully saturated rings. The molecule has 0 aromatic heterocycles. The molecule has 0 saturated carbocycles. The summed E-state index contributed by atoms with van der Waals surface area (Å²) in [5.74, 6) is -0.649. The molecule has 0 N–H and O–H groups in total. The Morgan fingerprint density at radius 2 is 1.96 bits per heavy atom. The van der Waals surface area contributed by atoms with Crippen LogP contribution in [0.15, 0.2) is 30.4 Å². The lowest BCUT2D eigenvalue weighted by molar-refractivity contribution is -0.139. The number of hydrogen-bond donors (Lipinski definition) is 0. The van der Waals surface area contributed by atoms with Gasteiger partial charge in [0.25, 0.3) is 11.8 Å². The number of carbonyl (C=O) groups is 3. The molecule has 1 heterocycles. The van der Waals surface area contributed by atoms with Gasteiger partial charge in [0.1, 0.15) is 0 Å². The Balaban J connectivity index is 1.87. The third kappa shape index (κ3) is 2.79. The van der Waals surface area contributed by atoms with E-state index in [4.69, 9.17) is 4.74 Å². The van der Waals surface area contributed by atoms with Gasteiger partial charge in [0.05, 0.1) is 18.2 Å². The predicted molar refractivity (Wildman–Crippen MR) is 83.6 cm³/mol. The van der Waals surface area contributed by atoms with Gasteiger partial charge >= 0.3 is 5.97 Å². The summed E-state index contributed by atoms with van der Waals surface area (Å²) in [5.41, 5.74) is 2.30. The van der Waals surface area contributed by atoms with E-state index in [9.17, 15) is 14.4 Å². The average molecular weight is 313 g/mol. The third-order valence-corrected chi connectivity index (χ3v) is 4.16. The Hall–Kier alpha value is -2.43. The van der Waals surface area contributed by atoms with Crippen molar-refractivity contribution in [3.63, 3.8) is 0 Å². The summed E-state index contributed by atoms with van der Waals surface area (Å²) < 4.78 is 5.32. The molecule has 1 aliphatic carbocycles. The Morgan fingerprint density at radius 1 is 1.26 bits per heavy atom. The summed E-state index contributed by atoms with van der Waals surface area (Å²) >= 11 is 0. The van der Waals surface area contributed by atoms with Crippen LogP contribution < -0.4 is 0 Å². The zero-order valence-electron chi connectivity index (χ0n) is 13.2. The first-order valence-corrected chi connectivity index (χ1v) is 7.83. The number of esters is 1. The molecule has 0 bridgehead atoms. The molecule has 0 radical (unpaired) electrons. The topological polar surface area (TPSA) is 63.7 Å². The highest BCUT2D eigenvalue weighted by molar-refractivity contribution is 6.13. The Bertz CT molecular complexity index is 687. The van der Waals surface area contributed by atoms with Crippen molar-refractivity contribution in [1.29, 1.82) is 0 Å². The molecule has 2 aliphatic rings. The number of amides is 2. The van der Waals surface area contributed by atoms with E-state index in [1.165, 1.54) is 17.1 Å². The second kappa shape index (κ2) is 5.99. The second-order valence-electron chi connectivity index (χ2n) is 6.30. The molecule has 2 amide bonds. The molecule has 1 aliphatic heterocycles. The Kier molecular flexibility index (Phi) is 4.03. The first-order valence-electron chi connectivity index (χ1n) is 7.83. The van der Waals surface area contributed by atoms with Crippen molar-refractivity contribution >= 4 is 17.8 Å². The number of rotatable bonds is 4. The number of fused-ring (bicyclic) bond motifs is 1. The Labute approximate surface area is 134 Å². The minimum Gasteiger partial charge on any atom is -0.462 e. The van der Waals surface area contributed by atoms with Crippen LogP contribution in [0.1, 0.15) is 47.8 Å². The van der Waals surface area contributed by atoms with E-state index in [1.54, 1.807) is 12.1 Å². The van der Waals surface area contributed by atoms with Crippen LogP contribution in [-0.2, 0) is 20.7 Å². The minimum absolute atomic E-state index is 0.273. The molecule has 0 spiro atoms. The van der Waals surface area contributed by atoms with E-state index in [2.05, 4.69) is 0 Å². The van der Waals surface area contributed by atoms with Gasteiger partial charge in [-0.3, -0.25) is 14.5 Å². The van der Waals surface area contributed by atoms with Crippen LogP contribution >= 0.6 is 0 Å². The molecule has 1 atom stereocenters. The standard InChI is InChI=1S/C18H19NO4/c1-11(2)10-23-18(22)14-5-3-4-13-12(14)6-7-15(13)19-16(20)8-9-17(19)21/h3-5,8-9,11,15H,6-7,10H2,1-2H3/t15-/m0/s1. The fraction of sp³-hybridized carbons (Fsp3) is 0.389. The van der Waals surface area contributed by atoms with E-state index in [1.807, 2.05) is 19.9 Å². The van der Waals surface area contributed by atoms with E-state index >= 15 is 0 Å². The molecule has 1 aromatic rings. The minimum atomic E-state index is -0.339. The predicted octanol–water partition coefficient (Wildman–Crippen LogP) is 2.41. The van der Waals surface area contributed by atoms with E-state index in [0.29, 0.717) is 25.0 Å². The van der Waals surface area contributed by atoms with Gasteiger partial charge in [0, 0.05) is 12.2 Å². The van der Waals surface area contributed by atoms with Crippen LogP contribution in [-0.4, -0.2) is 29.3 Å². The van der Waals surface area contributed by atoms with Crippen molar-refractivity contribution in [1.82, 2.24) is 4.90 Å². The lowest BCUT2D eigenvalue weighted by Gasteiger charge is -2.23. The number of carbonyl (C=O) groups excluding carboxylic acids is 3. The molecule has 0 unspecified atom stereocenters. The van der Waals surface area contributed by atoms with Gasteiger partial charge in [-0.05, 0) is 36.0 Å². The normalized spacial score (nSPS) is 19.6. The van der Waals surface area contributed by atoms with Gasteiger partial charge in [0.15, 0.2) is 0 Å². The largest absolute Gasteiger partial charge is 0.462 e. The van der Waals surface area contributed by atoms with Gasteiger partial charge < -0.3 is 4.74 Å². The monoisotopic (exact) mass is 313 g/mol. The molecule has 23 heavy (non-hydrogen) atoms. The van der Waals surface area contributed by atoms with Crippen molar-refractivity contribution in [2.45, 2.75) is 32.7 Å². The van der Waals surface area contributed by atoms with Gasteiger partial charge in [-0.25, -0.2) is 4.79 Å². The van der Waals surface area contributed by atoms with Crippen molar-refractivity contribution in [3.05, 3.63) is 47.0 Å². The van der Waals surface area contributed by atoms with Crippen LogP contribution in [0.25, 0.3) is 0 Å². The fourth-order valence-electron chi connectivity index (χ4n) is 3.13. The highest BCUT2D eigenvalue weighted by Crippen LogP contribution is 2.38. The van der Waals surface area contributed by atoms with Gasteiger partial charge in [-0.2, -0.15) is 0 Å². The fourth-order valence-corrected chi connectivity index (χ4v) is 3.13. The van der Waals surface area contributed by atoms with Crippen LogP contribution in [0.3, 0.4) is 0 Å². The van der Waals surface area contributed by atoms with E-state index in [0.717, 1.165) is 11.1 Å². The van der Waals surface area contributed by atoms with Crippen LogP contribution in [0.4, 0.5) is 0 Å². The van der Waals surface area contributed by atoms with Crippen molar-refractivity contribution in [2.24, 2.45) is 5.92 Å². The van der Waals surface area contributed by atoms with Crippen molar-refractivity contribution < 1.29 is 19.1 Å². The van der Waals surface area contributed by atoms with Crippen LogP contribution in [0.5, 0.6) is 0 Å². The van der Waals surface area contributed by atoms with E-state index < -0.39 is 0 Å². The van der Waals surface area contributed by atoms with Crippen molar-refractivity contribution in [2.75, 3.05) is 6.61 Å².